The summed E-state index contributed by atoms with van der Waals surface area (Å²) in [6.45, 7) is 0. The summed E-state index contributed by atoms with van der Waals surface area (Å²) in [5.41, 5.74) is 0. The molecule has 0 bridgehead atoms. The molecule has 0 radical (unpaired) electrons. The lowest BCUT2D eigenvalue weighted by Gasteiger charge is -2.05. The summed E-state index contributed by atoms with van der Waals surface area (Å²) in [6.07, 6.45) is 6.52. The van der Waals surface area contributed by atoms with Gasteiger partial charge in [0.2, 0.25) is 0 Å². The van der Waals surface area contributed by atoms with Gasteiger partial charge in [0.25, 0.3) is 5.29 Å². The molecule has 1 fully saturated rings. The van der Waals surface area contributed by atoms with Gasteiger partial charge in [-0.1, -0.05) is 38.5 Å². The van der Waals surface area contributed by atoms with Crippen LogP contribution in [0.3, 0.4) is 0 Å². The Morgan fingerprint density at radius 1 is 0.750 bits per heavy atom. The van der Waals surface area contributed by atoms with Crippen LogP contribution in [0.4, 0.5) is 13.2 Å². The van der Waals surface area contributed by atoms with Crippen LogP contribution in [0.1, 0.15) is 38.5 Å². The predicted octanol–water partition coefficient (Wildman–Crippen LogP) is 4.60. The van der Waals surface area contributed by atoms with Crippen LogP contribution in [0.5, 0.6) is 0 Å². The van der Waals surface area contributed by atoms with E-state index in [2.05, 4.69) is 11.6 Å². The SMILES string of the molecule is C1CCCCC1.FC(F)=C(F)Cl. The number of hydrogen-bond acceptors (Lipinski definition) is 0. The first-order valence-electron chi connectivity index (χ1n) is 4.01. The molecule has 12 heavy (non-hydrogen) atoms. The van der Waals surface area contributed by atoms with Gasteiger partial charge >= 0.3 is 6.08 Å². The van der Waals surface area contributed by atoms with Crippen LogP contribution in [0.2, 0.25) is 0 Å². The minimum Gasteiger partial charge on any atom is -0.188 e. The van der Waals surface area contributed by atoms with Gasteiger partial charge < -0.3 is 0 Å². The summed E-state index contributed by atoms with van der Waals surface area (Å²) < 4.78 is 31.8. The van der Waals surface area contributed by atoms with E-state index in [1.54, 1.807) is 0 Å². The smallest absolute Gasteiger partial charge is 0.188 e. The molecule has 0 aromatic carbocycles. The van der Waals surface area contributed by atoms with E-state index in [4.69, 9.17) is 0 Å². The normalized spacial score (nSPS) is 16.0. The first-order valence-corrected chi connectivity index (χ1v) is 4.38. The van der Waals surface area contributed by atoms with Crippen molar-refractivity contribution in [3.8, 4) is 0 Å². The molecule has 0 amide bonds. The maximum atomic E-state index is 10.7. The van der Waals surface area contributed by atoms with Crippen LogP contribution in [0, 0.1) is 0 Å². The van der Waals surface area contributed by atoms with Crippen molar-refractivity contribution in [3.63, 3.8) is 0 Å². The average Bonchev–Trinajstić information content (AvgIpc) is 2.08. The highest BCUT2D eigenvalue weighted by molar-refractivity contribution is 6.28. The van der Waals surface area contributed by atoms with E-state index in [1.165, 1.54) is 38.5 Å². The van der Waals surface area contributed by atoms with E-state index in [-0.39, 0.29) is 0 Å². The zero-order chi connectivity index (χ0) is 9.40. The van der Waals surface area contributed by atoms with E-state index < -0.39 is 11.4 Å². The maximum absolute atomic E-state index is 10.7. The summed E-state index contributed by atoms with van der Waals surface area (Å²) in [7, 11) is 0. The van der Waals surface area contributed by atoms with E-state index in [9.17, 15) is 13.2 Å². The van der Waals surface area contributed by atoms with Crippen molar-refractivity contribution in [2.75, 3.05) is 0 Å². The van der Waals surface area contributed by atoms with Crippen molar-refractivity contribution >= 4 is 11.6 Å². The predicted molar refractivity (Wildman–Crippen MR) is 43.9 cm³/mol. The highest BCUT2D eigenvalue weighted by atomic mass is 35.5. The fourth-order valence-corrected chi connectivity index (χ4v) is 1.06. The molecular formula is C8H12ClF3. The molecule has 1 aliphatic carbocycles. The zero-order valence-electron chi connectivity index (χ0n) is 6.75. The Hall–Kier alpha value is -0.180. The van der Waals surface area contributed by atoms with Crippen molar-refractivity contribution in [3.05, 3.63) is 11.4 Å². The molecule has 1 saturated carbocycles. The zero-order valence-corrected chi connectivity index (χ0v) is 7.51. The summed E-state index contributed by atoms with van der Waals surface area (Å²) in [5, 5.41) is -1.94. The van der Waals surface area contributed by atoms with Crippen LogP contribution in [0.15, 0.2) is 11.4 Å². The fourth-order valence-electron chi connectivity index (χ4n) is 1.06. The van der Waals surface area contributed by atoms with Crippen molar-refractivity contribution in [2.45, 2.75) is 38.5 Å². The van der Waals surface area contributed by atoms with Crippen molar-refractivity contribution in [2.24, 2.45) is 0 Å². The second kappa shape index (κ2) is 7.47. The largest absolute Gasteiger partial charge is 0.317 e. The van der Waals surface area contributed by atoms with Gasteiger partial charge in [0, 0.05) is 0 Å². The molecule has 0 nitrogen and oxygen atoms in total. The Morgan fingerprint density at radius 3 is 1.00 bits per heavy atom. The van der Waals surface area contributed by atoms with E-state index in [1.807, 2.05) is 0 Å². The molecule has 0 aromatic heterocycles. The Bertz CT molecular complexity index is 112. The molecule has 0 aromatic rings. The number of hydrogen-bond donors (Lipinski definition) is 0. The molecule has 72 valence electrons. The first kappa shape index (κ1) is 11.8. The van der Waals surface area contributed by atoms with Crippen molar-refractivity contribution < 1.29 is 13.2 Å². The average molecular weight is 201 g/mol. The molecule has 1 rings (SSSR count). The van der Waals surface area contributed by atoms with Gasteiger partial charge in [-0.15, -0.1) is 0 Å². The summed E-state index contributed by atoms with van der Waals surface area (Å²) >= 11 is 4.08. The monoisotopic (exact) mass is 200 g/mol. The molecule has 0 unspecified atom stereocenters. The molecule has 4 heteroatoms. The minimum absolute atomic E-state index is 1.50. The van der Waals surface area contributed by atoms with Gasteiger partial charge in [-0.2, -0.15) is 13.2 Å². The minimum atomic E-state index is -2.48. The topological polar surface area (TPSA) is 0 Å². The molecule has 1 aliphatic rings. The van der Waals surface area contributed by atoms with Gasteiger partial charge in [0.15, 0.2) is 0 Å². The van der Waals surface area contributed by atoms with E-state index >= 15 is 0 Å². The van der Waals surface area contributed by atoms with Gasteiger partial charge in [-0.25, -0.2) is 0 Å². The number of rotatable bonds is 0. The van der Waals surface area contributed by atoms with Gasteiger partial charge in [0.1, 0.15) is 0 Å². The lowest BCUT2D eigenvalue weighted by atomic mass is 10.0. The summed E-state index contributed by atoms with van der Waals surface area (Å²) in [4.78, 5) is 0. The molecule has 0 atom stereocenters. The third-order valence-electron chi connectivity index (χ3n) is 1.64. The maximum Gasteiger partial charge on any atom is 0.317 e. The third kappa shape index (κ3) is 7.92. The Kier molecular flexibility index (Phi) is 7.36. The Morgan fingerprint density at radius 2 is 0.917 bits per heavy atom. The molecule has 0 saturated heterocycles. The molecule has 0 heterocycles. The standard InChI is InChI=1S/C6H12.C2ClF3/c1-2-4-6-5-3-1;3-1(4)2(5)6/h1-6H2;. The Labute approximate surface area is 75.4 Å². The second-order valence-electron chi connectivity index (χ2n) is 2.64. The molecule has 0 aliphatic heterocycles. The molecule has 0 N–H and O–H groups in total. The van der Waals surface area contributed by atoms with Crippen LogP contribution >= 0.6 is 11.6 Å². The quantitative estimate of drug-likeness (QED) is 0.536. The highest BCUT2D eigenvalue weighted by Crippen LogP contribution is 2.15. The van der Waals surface area contributed by atoms with Crippen LogP contribution in [-0.4, -0.2) is 0 Å². The number of halogens is 4. The van der Waals surface area contributed by atoms with Gasteiger partial charge in [0.05, 0.1) is 0 Å². The van der Waals surface area contributed by atoms with Crippen LogP contribution < -0.4 is 0 Å². The fraction of sp³-hybridized carbons (Fsp3) is 0.750. The third-order valence-corrected chi connectivity index (χ3v) is 1.79. The molecular weight excluding hydrogens is 189 g/mol. The van der Waals surface area contributed by atoms with E-state index in [0.29, 0.717) is 0 Å². The van der Waals surface area contributed by atoms with Gasteiger partial charge in [-0.3, -0.25) is 0 Å². The first-order chi connectivity index (χ1) is 5.64. The van der Waals surface area contributed by atoms with Gasteiger partial charge in [-0.05, 0) is 11.6 Å². The highest BCUT2D eigenvalue weighted by Gasteiger charge is 1.96. The van der Waals surface area contributed by atoms with Crippen LogP contribution in [-0.2, 0) is 0 Å². The van der Waals surface area contributed by atoms with Crippen molar-refractivity contribution in [1.82, 2.24) is 0 Å². The summed E-state index contributed by atoms with van der Waals surface area (Å²) in [6, 6.07) is 0. The van der Waals surface area contributed by atoms with E-state index in [0.717, 1.165) is 0 Å². The Balaban J connectivity index is 0.000000202. The summed E-state index contributed by atoms with van der Waals surface area (Å²) in [5.74, 6) is 0. The second-order valence-corrected chi connectivity index (χ2v) is 2.97. The van der Waals surface area contributed by atoms with Crippen molar-refractivity contribution in [1.29, 1.82) is 0 Å². The lowest BCUT2D eigenvalue weighted by Crippen LogP contribution is -1.85. The molecule has 0 spiro atoms. The van der Waals surface area contributed by atoms with Crippen LogP contribution in [0.25, 0.3) is 0 Å². The lowest BCUT2D eigenvalue weighted by molar-refractivity contribution is 0.393.